The van der Waals surface area contributed by atoms with Crippen molar-refractivity contribution >= 4 is 22.8 Å². The Morgan fingerprint density at radius 3 is 2.74 bits per heavy atom. The van der Waals surface area contributed by atoms with E-state index in [1.54, 1.807) is 17.3 Å². The summed E-state index contributed by atoms with van der Waals surface area (Å²) < 4.78 is 6.87. The average Bonchev–Trinajstić information content (AvgIpc) is 3.37. The lowest BCUT2D eigenvalue weighted by atomic mass is 10.0. The van der Waals surface area contributed by atoms with Gasteiger partial charge in [0.2, 0.25) is 5.91 Å². The van der Waals surface area contributed by atoms with Gasteiger partial charge in [-0.25, -0.2) is 4.98 Å². The normalized spacial score (nSPS) is 16.4. The van der Waals surface area contributed by atoms with Crippen LogP contribution in [0.2, 0.25) is 0 Å². The summed E-state index contributed by atoms with van der Waals surface area (Å²) in [5, 5.41) is 3.12. The fourth-order valence-corrected chi connectivity index (χ4v) is 3.53. The van der Waals surface area contributed by atoms with E-state index >= 15 is 0 Å². The molecular formula is C20H22N4O3. The van der Waals surface area contributed by atoms with Crippen molar-refractivity contribution in [2.75, 3.05) is 13.1 Å². The maximum Gasteiger partial charge on any atom is 0.257 e. The van der Waals surface area contributed by atoms with Crippen LogP contribution in [0.3, 0.4) is 0 Å². The highest BCUT2D eigenvalue weighted by atomic mass is 16.3. The summed E-state index contributed by atoms with van der Waals surface area (Å²) >= 11 is 0. The van der Waals surface area contributed by atoms with Crippen LogP contribution < -0.4 is 5.32 Å². The molecule has 2 aromatic heterocycles. The molecule has 1 aliphatic rings. The fourth-order valence-electron chi connectivity index (χ4n) is 3.53. The Balaban J connectivity index is 1.35. The number of nitrogens with one attached hydrogen (secondary N) is 1. The van der Waals surface area contributed by atoms with E-state index in [0.29, 0.717) is 18.7 Å². The minimum Gasteiger partial charge on any atom is -0.472 e. The van der Waals surface area contributed by atoms with Crippen LogP contribution in [0.5, 0.6) is 0 Å². The third kappa shape index (κ3) is 3.45. The number of amides is 2. The van der Waals surface area contributed by atoms with Crippen molar-refractivity contribution in [3.05, 3.63) is 54.7 Å². The molecule has 1 atom stereocenters. The molecule has 7 nitrogen and oxygen atoms in total. The molecular weight excluding hydrogens is 344 g/mol. The van der Waals surface area contributed by atoms with Crippen molar-refractivity contribution in [2.24, 2.45) is 0 Å². The summed E-state index contributed by atoms with van der Waals surface area (Å²) in [6.07, 6.45) is 6.16. The van der Waals surface area contributed by atoms with Gasteiger partial charge in [0.05, 0.1) is 29.2 Å². The van der Waals surface area contributed by atoms with Crippen LogP contribution >= 0.6 is 0 Å². The molecule has 1 N–H and O–H groups in total. The summed E-state index contributed by atoms with van der Waals surface area (Å²) in [4.78, 5) is 31.2. The Hall–Kier alpha value is -3.09. The summed E-state index contributed by atoms with van der Waals surface area (Å²) in [5.74, 6) is -0.0513. The van der Waals surface area contributed by atoms with Crippen LogP contribution in [-0.4, -0.2) is 45.4 Å². The second kappa shape index (κ2) is 7.26. The average molecular weight is 366 g/mol. The van der Waals surface area contributed by atoms with E-state index in [4.69, 9.17) is 4.42 Å². The van der Waals surface area contributed by atoms with Gasteiger partial charge in [-0.1, -0.05) is 12.1 Å². The molecule has 1 saturated heterocycles. The molecule has 1 aromatic carbocycles. The molecule has 0 radical (unpaired) electrons. The van der Waals surface area contributed by atoms with Gasteiger partial charge < -0.3 is 19.2 Å². The van der Waals surface area contributed by atoms with E-state index < -0.39 is 0 Å². The predicted octanol–water partition coefficient (Wildman–Crippen LogP) is 2.61. The number of likely N-dealkylation sites (tertiary alicyclic amines) is 1. The first-order valence-electron chi connectivity index (χ1n) is 9.17. The number of fused-ring (bicyclic) bond motifs is 1. The third-order valence-electron chi connectivity index (χ3n) is 5.17. The highest BCUT2D eigenvalue weighted by molar-refractivity contribution is 5.93. The molecule has 3 heterocycles. The first kappa shape index (κ1) is 17.3. The second-order valence-corrected chi connectivity index (χ2v) is 6.90. The van der Waals surface area contributed by atoms with Crippen LogP contribution in [0.25, 0.3) is 11.0 Å². The van der Waals surface area contributed by atoms with Gasteiger partial charge >= 0.3 is 0 Å². The summed E-state index contributed by atoms with van der Waals surface area (Å²) in [7, 11) is 0. The Bertz CT molecular complexity index is 939. The number of hydrogen-bond acceptors (Lipinski definition) is 4. The van der Waals surface area contributed by atoms with Crippen molar-refractivity contribution < 1.29 is 14.0 Å². The maximum absolute atomic E-state index is 12.7. The van der Waals surface area contributed by atoms with Crippen LogP contribution in [0.15, 0.2) is 53.6 Å². The zero-order valence-corrected chi connectivity index (χ0v) is 15.2. The van der Waals surface area contributed by atoms with E-state index in [2.05, 4.69) is 10.3 Å². The van der Waals surface area contributed by atoms with E-state index in [0.717, 1.165) is 23.9 Å². The van der Waals surface area contributed by atoms with Crippen LogP contribution in [0, 0.1) is 0 Å². The molecule has 7 heteroatoms. The molecule has 4 rings (SSSR count). The quantitative estimate of drug-likeness (QED) is 0.770. The molecule has 3 aromatic rings. The molecule has 140 valence electrons. The Morgan fingerprint density at radius 2 is 2.00 bits per heavy atom. The topological polar surface area (TPSA) is 80.4 Å². The summed E-state index contributed by atoms with van der Waals surface area (Å²) in [6.45, 7) is 3.12. The fraction of sp³-hybridized carbons (Fsp3) is 0.350. The summed E-state index contributed by atoms with van der Waals surface area (Å²) in [6, 6.07) is 9.18. The number of piperidine rings is 1. The molecule has 0 spiro atoms. The monoisotopic (exact) mass is 366 g/mol. The van der Waals surface area contributed by atoms with Gasteiger partial charge in [-0.2, -0.15) is 0 Å². The molecule has 0 saturated carbocycles. The second-order valence-electron chi connectivity index (χ2n) is 6.90. The molecule has 0 aliphatic carbocycles. The minimum absolute atomic E-state index is 0.0215. The number of benzene rings is 1. The Labute approximate surface area is 157 Å². The lowest BCUT2D eigenvalue weighted by molar-refractivity contribution is -0.124. The molecule has 27 heavy (non-hydrogen) atoms. The molecule has 0 unspecified atom stereocenters. The molecule has 1 aliphatic heterocycles. The van der Waals surface area contributed by atoms with Gasteiger partial charge in [0.25, 0.3) is 5.91 Å². The van der Waals surface area contributed by atoms with E-state index in [1.165, 1.54) is 12.5 Å². The SMILES string of the molecule is C[C@H](C(=O)NC1CCN(C(=O)c2ccoc2)CC1)n1cnc2ccccc21. The zero-order valence-electron chi connectivity index (χ0n) is 15.2. The highest BCUT2D eigenvalue weighted by Gasteiger charge is 2.26. The largest absolute Gasteiger partial charge is 0.472 e. The number of rotatable bonds is 4. The van der Waals surface area contributed by atoms with Crippen LogP contribution in [-0.2, 0) is 4.79 Å². The van der Waals surface area contributed by atoms with E-state index in [1.807, 2.05) is 35.8 Å². The lowest BCUT2D eigenvalue weighted by Crippen LogP contribution is -2.47. The van der Waals surface area contributed by atoms with Crippen molar-refractivity contribution in [3.63, 3.8) is 0 Å². The standard InChI is InChI=1S/C20H22N4O3/c1-14(24-13-21-17-4-2-3-5-18(17)24)19(25)22-16-6-9-23(10-7-16)20(26)15-8-11-27-12-15/h2-5,8,11-14,16H,6-7,9-10H2,1H3,(H,22,25)/t14-/m1/s1. The first-order valence-corrected chi connectivity index (χ1v) is 9.17. The van der Waals surface area contributed by atoms with E-state index in [-0.39, 0.29) is 23.9 Å². The molecule has 1 fully saturated rings. The lowest BCUT2D eigenvalue weighted by Gasteiger charge is -2.32. The number of aromatic nitrogens is 2. The van der Waals surface area contributed by atoms with Crippen molar-refractivity contribution in [3.8, 4) is 0 Å². The number of imidazole rings is 1. The summed E-state index contributed by atoms with van der Waals surface area (Å²) in [5.41, 5.74) is 2.39. The zero-order chi connectivity index (χ0) is 18.8. The van der Waals surface area contributed by atoms with Gasteiger partial charge in [-0.05, 0) is 38.0 Å². The maximum atomic E-state index is 12.7. The predicted molar refractivity (Wildman–Crippen MR) is 100 cm³/mol. The number of nitrogens with zero attached hydrogens (tertiary/aromatic N) is 3. The van der Waals surface area contributed by atoms with Crippen molar-refractivity contribution in [2.45, 2.75) is 31.8 Å². The van der Waals surface area contributed by atoms with E-state index in [9.17, 15) is 9.59 Å². The number of furan rings is 1. The number of carbonyl (C=O) groups excluding carboxylic acids is 2. The van der Waals surface area contributed by atoms with Gasteiger partial charge in [-0.15, -0.1) is 0 Å². The van der Waals surface area contributed by atoms with Crippen LogP contribution in [0.1, 0.15) is 36.2 Å². The molecule has 0 bridgehead atoms. The van der Waals surface area contributed by atoms with Crippen molar-refractivity contribution in [1.29, 1.82) is 0 Å². The Morgan fingerprint density at radius 1 is 1.22 bits per heavy atom. The number of para-hydroxylation sites is 2. The molecule has 2 amide bonds. The van der Waals surface area contributed by atoms with Crippen molar-refractivity contribution in [1.82, 2.24) is 19.8 Å². The number of hydrogen-bond donors (Lipinski definition) is 1. The Kier molecular flexibility index (Phi) is 4.66. The van der Waals surface area contributed by atoms with Gasteiger partial charge in [0.15, 0.2) is 0 Å². The first-order chi connectivity index (χ1) is 13.1. The minimum atomic E-state index is -0.344. The number of carbonyl (C=O) groups is 2. The highest BCUT2D eigenvalue weighted by Crippen LogP contribution is 2.19. The van der Waals surface area contributed by atoms with Crippen LogP contribution in [0.4, 0.5) is 0 Å². The van der Waals surface area contributed by atoms with Gasteiger partial charge in [-0.3, -0.25) is 9.59 Å². The van der Waals surface area contributed by atoms with Gasteiger partial charge in [0, 0.05) is 19.1 Å². The van der Waals surface area contributed by atoms with Gasteiger partial charge in [0.1, 0.15) is 12.3 Å². The third-order valence-corrected chi connectivity index (χ3v) is 5.17. The smallest absolute Gasteiger partial charge is 0.257 e.